The van der Waals surface area contributed by atoms with E-state index in [0.29, 0.717) is 0 Å². The number of aldehydes is 1. The van der Waals surface area contributed by atoms with Crippen LogP contribution in [0.5, 0.6) is 0 Å². The molecule has 0 fully saturated rings. The molecule has 3 heteroatoms. The van der Waals surface area contributed by atoms with Crippen LogP contribution in [-0.2, 0) is 15.0 Å². The number of fused-ring (bicyclic) bond motifs is 1. The minimum atomic E-state index is -0.881. The molecule has 0 saturated heterocycles. The molecule has 0 N–H and O–H groups in total. The number of para-hydroxylation sites is 1. The third-order valence-electron chi connectivity index (χ3n) is 4.05. The molecule has 0 aromatic heterocycles. The van der Waals surface area contributed by atoms with Gasteiger partial charge in [0.05, 0.1) is 0 Å². The lowest BCUT2D eigenvalue weighted by Gasteiger charge is -2.26. The summed E-state index contributed by atoms with van der Waals surface area (Å²) in [7, 11) is 1.76. The highest BCUT2D eigenvalue weighted by Gasteiger charge is 2.50. The van der Waals surface area contributed by atoms with Gasteiger partial charge in [-0.2, -0.15) is 0 Å². The van der Waals surface area contributed by atoms with Crippen LogP contribution in [0.15, 0.2) is 54.6 Å². The highest BCUT2D eigenvalue weighted by Crippen LogP contribution is 2.47. The van der Waals surface area contributed by atoms with Crippen molar-refractivity contribution in [2.75, 3.05) is 11.9 Å². The number of carbonyl (C=O) groups is 2. The van der Waals surface area contributed by atoms with E-state index in [0.717, 1.165) is 23.1 Å². The Morgan fingerprint density at radius 1 is 1.05 bits per heavy atom. The van der Waals surface area contributed by atoms with Gasteiger partial charge >= 0.3 is 0 Å². The van der Waals surface area contributed by atoms with Gasteiger partial charge in [-0.15, -0.1) is 0 Å². The number of likely N-dealkylation sites (N-methyl/N-ethyl adjacent to an activating group) is 1. The normalized spacial score (nSPS) is 20.9. The van der Waals surface area contributed by atoms with E-state index in [-0.39, 0.29) is 12.3 Å². The number of nitrogens with zero attached hydrogens (tertiary/aromatic N) is 1. The molecule has 1 aliphatic rings. The molecule has 1 atom stereocenters. The third-order valence-corrected chi connectivity index (χ3v) is 4.05. The van der Waals surface area contributed by atoms with E-state index in [1.807, 2.05) is 54.6 Å². The molecule has 2 aromatic rings. The Kier molecular flexibility index (Phi) is 2.90. The molecule has 20 heavy (non-hydrogen) atoms. The standard InChI is InChI=1S/C17H15NO2/c1-18-15-10-6-5-9-14(15)17(11-12-19,16(18)20)13-7-3-2-4-8-13/h2-10,12H,11H2,1H3/t17-/m0/s1. The maximum absolute atomic E-state index is 12.8. The summed E-state index contributed by atoms with van der Waals surface area (Å²) in [6.45, 7) is 0. The monoisotopic (exact) mass is 265 g/mol. The van der Waals surface area contributed by atoms with E-state index in [9.17, 15) is 9.59 Å². The van der Waals surface area contributed by atoms with Crippen molar-refractivity contribution < 1.29 is 9.59 Å². The van der Waals surface area contributed by atoms with E-state index in [1.54, 1.807) is 11.9 Å². The van der Waals surface area contributed by atoms with Crippen molar-refractivity contribution >= 4 is 17.9 Å². The summed E-state index contributed by atoms with van der Waals surface area (Å²) in [6, 6.07) is 17.2. The largest absolute Gasteiger partial charge is 0.314 e. The van der Waals surface area contributed by atoms with Crippen LogP contribution in [0.1, 0.15) is 17.5 Å². The van der Waals surface area contributed by atoms with Crippen LogP contribution in [-0.4, -0.2) is 19.2 Å². The number of hydrogen-bond acceptors (Lipinski definition) is 2. The molecule has 0 bridgehead atoms. The molecule has 0 radical (unpaired) electrons. The van der Waals surface area contributed by atoms with Crippen molar-refractivity contribution in [3.8, 4) is 0 Å². The molecular weight excluding hydrogens is 250 g/mol. The van der Waals surface area contributed by atoms with Crippen LogP contribution in [0.25, 0.3) is 0 Å². The molecule has 100 valence electrons. The summed E-state index contributed by atoms with van der Waals surface area (Å²) in [6.07, 6.45) is 0.998. The first kappa shape index (κ1) is 12.6. The summed E-state index contributed by atoms with van der Waals surface area (Å²) < 4.78 is 0. The fraction of sp³-hybridized carbons (Fsp3) is 0.176. The van der Waals surface area contributed by atoms with Gasteiger partial charge in [-0.3, -0.25) is 4.79 Å². The van der Waals surface area contributed by atoms with E-state index in [4.69, 9.17) is 0 Å². The van der Waals surface area contributed by atoms with Crippen LogP contribution in [0.2, 0.25) is 0 Å². The summed E-state index contributed by atoms with van der Waals surface area (Å²) in [5, 5.41) is 0. The first-order chi connectivity index (χ1) is 9.71. The number of anilines is 1. The highest BCUT2D eigenvalue weighted by molar-refractivity contribution is 6.11. The number of amides is 1. The molecule has 3 nitrogen and oxygen atoms in total. The van der Waals surface area contributed by atoms with Gasteiger partial charge in [0.2, 0.25) is 5.91 Å². The second kappa shape index (κ2) is 4.60. The van der Waals surface area contributed by atoms with Crippen molar-refractivity contribution in [2.24, 2.45) is 0 Å². The molecule has 0 unspecified atom stereocenters. The lowest BCUT2D eigenvalue weighted by molar-refractivity contribution is -0.123. The summed E-state index contributed by atoms with van der Waals surface area (Å²) in [4.78, 5) is 25.7. The Bertz CT molecular complexity index is 666. The molecule has 1 heterocycles. The van der Waals surface area contributed by atoms with Gasteiger partial charge in [0.15, 0.2) is 0 Å². The van der Waals surface area contributed by atoms with Gasteiger partial charge in [-0.05, 0) is 17.2 Å². The van der Waals surface area contributed by atoms with Crippen LogP contribution < -0.4 is 4.90 Å². The van der Waals surface area contributed by atoms with E-state index >= 15 is 0 Å². The van der Waals surface area contributed by atoms with Gasteiger partial charge in [0.1, 0.15) is 11.7 Å². The van der Waals surface area contributed by atoms with Crippen molar-refractivity contribution in [2.45, 2.75) is 11.8 Å². The molecule has 1 aliphatic heterocycles. The van der Waals surface area contributed by atoms with Crippen molar-refractivity contribution in [1.29, 1.82) is 0 Å². The zero-order valence-corrected chi connectivity index (χ0v) is 11.2. The third kappa shape index (κ3) is 1.53. The van der Waals surface area contributed by atoms with Crippen LogP contribution in [0.3, 0.4) is 0 Å². The van der Waals surface area contributed by atoms with Crippen LogP contribution in [0, 0.1) is 0 Å². The van der Waals surface area contributed by atoms with Crippen molar-refractivity contribution in [3.05, 3.63) is 65.7 Å². The average molecular weight is 265 g/mol. The summed E-state index contributed by atoms with van der Waals surface area (Å²) in [5.41, 5.74) is 1.77. The lowest BCUT2D eigenvalue weighted by atomic mass is 9.73. The maximum Gasteiger partial charge on any atom is 0.242 e. The zero-order chi connectivity index (χ0) is 14.2. The highest BCUT2D eigenvalue weighted by atomic mass is 16.2. The molecule has 0 spiro atoms. The summed E-state index contributed by atoms with van der Waals surface area (Å²) in [5.74, 6) is -0.0444. The molecule has 3 rings (SSSR count). The Morgan fingerprint density at radius 3 is 2.40 bits per heavy atom. The van der Waals surface area contributed by atoms with Crippen molar-refractivity contribution in [3.63, 3.8) is 0 Å². The Labute approximate surface area is 117 Å². The smallest absolute Gasteiger partial charge is 0.242 e. The summed E-state index contributed by atoms with van der Waals surface area (Å²) >= 11 is 0. The van der Waals surface area contributed by atoms with Gasteiger partial charge < -0.3 is 9.69 Å². The fourth-order valence-electron chi connectivity index (χ4n) is 3.08. The zero-order valence-electron chi connectivity index (χ0n) is 11.2. The fourth-order valence-corrected chi connectivity index (χ4v) is 3.08. The van der Waals surface area contributed by atoms with Gasteiger partial charge in [0.25, 0.3) is 0 Å². The average Bonchev–Trinajstić information content (AvgIpc) is 2.72. The van der Waals surface area contributed by atoms with Gasteiger partial charge in [-0.1, -0.05) is 48.5 Å². The minimum absolute atomic E-state index is 0.0444. The SMILES string of the molecule is CN1C(=O)[C@@](CC=O)(c2ccccc2)c2ccccc21. The maximum atomic E-state index is 12.8. The predicted molar refractivity (Wildman–Crippen MR) is 77.8 cm³/mol. The Balaban J connectivity index is 2.31. The lowest BCUT2D eigenvalue weighted by Crippen LogP contribution is -2.40. The molecular formula is C17H15NO2. The number of hydrogen-bond donors (Lipinski definition) is 0. The Morgan fingerprint density at radius 2 is 1.70 bits per heavy atom. The second-order valence-corrected chi connectivity index (χ2v) is 5.02. The van der Waals surface area contributed by atoms with E-state index in [2.05, 4.69) is 0 Å². The van der Waals surface area contributed by atoms with Crippen LogP contribution in [0.4, 0.5) is 5.69 Å². The first-order valence-corrected chi connectivity index (χ1v) is 6.58. The quantitative estimate of drug-likeness (QED) is 0.800. The number of carbonyl (C=O) groups excluding carboxylic acids is 2. The minimum Gasteiger partial charge on any atom is -0.314 e. The van der Waals surface area contributed by atoms with Gasteiger partial charge in [0, 0.05) is 19.2 Å². The molecule has 1 amide bonds. The second-order valence-electron chi connectivity index (χ2n) is 5.02. The van der Waals surface area contributed by atoms with E-state index in [1.165, 1.54) is 0 Å². The first-order valence-electron chi connectivity index (χ1n) is 6.58. The number of benzene rings is 2. The van der Waals surface area contributed by atoms with E-state index < -0.39 is 5.41 Å². The van der Waals surface area contributed by atoms with Crippen LogP contribution >= 0.6 is 0 Å². The van der Waals surface area contributed by atoms with Crippen molar-refractivity contribution in [1.82, 2.24) is 0 Å². The topological polar surface area (TPSA) is 37.4 Å². The molecule has 0 aliphatic carbocycles. The molecule has 2 aromatic carbocycles. The molecule has 0 saturated carbocycles. The van der Waals surface area contributed by atoms with Gasteiger partial charge in [-0.25, -0.2) is 0 Å². The number of rotatable bonds is 3. The predicted octanol–water partition coefficient (Wildman–Crippen LogP) is 2.54. The Hall–Kier alpha value is -2.42.